The zero-order chi connectivity index (χ0) is 43.7. The maximum Gasteiger partial charge on any atom is 0.302 e. The lowest BCUT2D eigenvalue weighted by molar-refractivity contribution is -0.181. The number of rotatable bonds is 5. The van der Waals surface area contributed by atoms with Crippen molar-refractivity contribution in [3.05, 3.63) is 52.8 Å². The number of nitrogens with one attached hydrogen (secondary N) is 2. The first-order valence-electron chi connectivity index (χ1n) is 20.1. The van der Waals surface area contributed by atoms with Crippen molar-refractivity contribution in [2.45, 2.75) is 98.2 Å². The lowest BCUT2D eigenvalue weighted by atomic mass is 9.78. The second-order valence-electron chi connectivity index (χ2n) is 16.5. The summed E-state index contributed by atoms with van der Waals surface area (Å²) in [5, 5.41) is 75.0. The summed E-state index contributed by atoms with van der Waals surface area (Å²) in [6, 6.07) is 0. The van der Waals surface area contributed by atoms with Crippen LogP contribution in [0.5, 0.6) is 23.0 Å². The Bertz CT molecular complexity index is 1980. The molecule has 1 saturated heterocycles. The second-order valence-corrected chi connectivity index (χ2v) is 16.5. The number of carbonyl (C=O) groups excluding carboxylic acids is 2. The number of esters is 1. The third-order valence-electron chi connectivity index (χ3n) is 12.3. The molecule has 0 saturated carbocycles. The first kappa shape index (κ1) is 45.7. The van der Waals surface area contributed by atoms with Crippen molar-refractivity contribution >= 4 is 28.3 Å². The number of aliphatic hydroxyl groups is 3. The van der Waals surface area contributed by atoms with Crippen LogP contribution in [0.4, 0.5) is 5.69 Å². The minimum atomic E-state index is -1.83. The third-order valence-corrected chi connectivity index (χ3v) is 12.3. The van der Waals surface area contributed by atoms with E-state index in [1.54, 1.807) is 52.8 Å². The number of anilines is 1. The van der Waals surface area contributed by atoms with Crippen molar-refractivity contribution in [1.82, 2.24) is 15.3 Å². The number of phenolic OH excluding ortho intramolecular Hbond substituents is 3. The van der Waals surface area contributed by atoms with Crippen molar-refractivity contribution in [3.63, 3.8) is 0 Å². The average Bonchev–Trinajstić information content (AvgIpc) is 3.46. The highest BCUT2D eigenvalue weighted by Crippen LogP contribution is 2.58. The van der Waals surface area contributed by atoms with E-state index >= 15 is 0 Å². The van der Waals surface area contributed by atoms with Crippen LogP contribution >= 0.6 is 0 Å². The fourth-order valence-electron chi connectivity index (χ4n) is 8.26. The SMILES string of the molecule is CO[C@H]1/C=C/O[C@@]2(C)Oc3c(C)c(O)c4c(O)c(c(CNN5CCN(C)CC5)c(O)c4c3[C@H]2O)NC(=O)/C(C)=C\C=C\[C@H](C)[C@H](O)[C@@H](C)[C@@H](O)[C@@H](C)[C@H](OC(C)=O)[C@@H]1C. The summed E-state index contributed by atoms with van der Waals surface area (Å²) < 4.78 is 23.9. The van der Waals surface area contributed by atoms with Gasteiger partial charge in [0, 0.05) is 105 Å². The topological polar surface area (TPSA) is 223 Å². The zero-order valence-corrected chi connectivity index (χ0v) is 35.6. The van der Waals surface area contributed by atoms with E-state index in [1.807, 2.05) is 12.1 Å². The van der Waals surface area contributed by atoms with Crippen LogP contribution in [0.15, 0.2) is 36.1 Å². The quantitative estimate of drug-likeness (QED) is 0.122. The Balaban J connectivity index is 1.67. The highest BCUT2D eigenvalue weighted by molar-refractivity contribution is 6.12. The predicted molar refractivity (Wildman–Crippen MR) is 220 cm³/mol. The van der Waals surface area contributed by atoms with Crippen LogP contribution in [0.3, 0.4) is 0 Å². The molecule has 0 aliphatic carbocycles. The molecule has 8 N–H and O–H groups in total. The van der Waals surface area contributed by atoms with Crippen LogP contribution in [0, 0.1) is 30.6 Å². The Morgan fingerprint density at radius 2 is 1.61 bits per heavy atom. The lowest BCUT2D eigenvalue weighted by Crippen LogP contribution is -2.50. The molecule has 0 radical (unpaired) electrons. The molecule has 2 aromatic rings. The Kier molecular flexibility index (Phi) is 14.3. The molecule has 1 amide bonds. The molecule has 10 atom stereocenters. The Labute approximate surface area is 345 Å². The van der Waals surface area contributed by atoms with Crippen molar-refractivity contribution in [1.29, 1.82) is 0 Å². The van der Waals surface area contributed by atoms with E-state index < -0.39 is 89.1 Å². The largest absolute Gasteiger partial charge is 0.507 e. The number of hydrazine groups is 1. The zero-order valence-electron chi connectivity index (χ0n) is 35.6. The number of benzene rings is 2. The monoisotopic (exact) mass is 826 g/mol. The number of hydrogen-bond acceptors (Lipinski definition) is 15. The molecule has 5 bridgehead atoms. The van der Waals surface area contributed by atoms with Crippen molar-refractivity contribution < 1.29 is 59.2 Å². The minimum absolute atomic E-state index is 0.0267. The number of methoxy groups -OCH3 is 1. The van der Waals surface area contributed by atoms with Crippen LogP contribution in [0.1, 0.15) is 71.3 Å². The van der Waals surface area contributed by atoms with Crippen LogP contribution < -0.4 is 15.5 Å². The molecule has 16 heteroatoms. The second kappa shape index (κ2) is 18.5. The number of carbonyl (C=O) groups is 2. The van der Waals surface area contributed by atoms with Gasteiger partial charge in [0.1, 0.15) is 23.4 Å². The fourth-order valence-corrected chi connectivity index (χ4v) is 8.26. The molecule has 4 heterocycles. The molecule has 4 aliphatic heterocycles. The number of allylic oxidation sites excluding steroid dienone is 2. The van der Waals surface area contributed by atoms with Crippen LogP contribution in [0.25, 0.3) is 10.8 Å². The van der Waals surface area contributed by atoms with Gasteiger partial charge in [0.05, 0.1) is 35.6 Å². The van der Waals surface area contributed by atoms with E-state index in [1.165, 1.54) is 40.2 Å². The van der Waals surface area contributed by atoms with Gasteiger partial charge in [-0.25, -0.2) is 5.01 Å². The van der Waals surface area contributed by atoms with E-state index in [9.17, 15) is 40.2 Å². The Hall–Kier alpha value is -4.42. The number of nitrogens with zero attached hydrogens (tertiary/aromatic N) is 2. The molecule has 0 aromatic heterocycles. The summed E-state index contributed by atoms with van der Waals surface area (Å²) in [5.41, 5.74) is 3.62. The molecule has 2 aromatic carbocycles. The highest BCUT2D eigenvalue weighted by Gasteiger charge is 2.50. The van der Waals surface area contributed by atoms with E-state index in [2.05, 4.69) is 15.6 Å². The molecular formula is C43H62N4O12. The molecule has 1 fully saturated rings. The van der Waals surface area contributed by atoms with E-state index in [0.29, 0.717) is 13.1 Å². The van der Waals surface area contributed by atoms with Gasteiger partial charge in [0.15, 0.2) is 11.9 Å². The minimum Gasteiger partial charge on any atom is -0.507 e. The maximum atomic E-state index is 13.8. The summed E-state index contributed by atoms with van der Waals surface area (Å²) in [6.45, 7) is 15.6. The predicted octanol–water partition coefficient (Wildman–Crippen LogP) is 3.86. The van der Waals surface area contributed by atoms with E-state index in [4.69, 9.17) is 18.9 Å². The maximum absolute atomic E-state index is 13.8. The molecular weight excluding hydrogens is 764 g/mol. The van der Waals surface area contributed by atoms with Crippen molar-refractivity contribution in [2.75, 3.05) is 45.7 Å². The van der Waals surface area contributed by atoms with Gasteiger partial charge >= 0.3 is 5.97 Å². The van der Waals surface area contributed by atoms with Crippen molar-refractivity contribution in [3.8, 4) is 23.0 Å². The smallest absolute Gasteiger partial charge is 0.302 e. The summed E-state index contributed by atoms with van der Waals surface area (Å²) in [7, 11) is 3.48. The van der Waals surface area contributed by atoms with Gasteiger partial charge < -0.3 is 59.8 Å². The number of piperazine rings is 1. The van der Waals surface area contributed by atoms with E-state index in [0.717, 1.165) is 13.1 Å². The molecule has 326 valence electrons. The van der Waals surface area contributed by atoms with E-state index in [-0.39, 0.29) is 51.0 Å². The van der Waals surface area contributed by atoms with Gasteiger partial charge in [0.25, 0.3) is 11.7 Å². The summed E-state index contributed by atoms with van der Waals surface area (Å²) in [6.07, 6.45) is 2.27. The van der Waals surface area contributed by atoms with Gasteiger partial charge in [-0.1, -0.05) is 45.9 Å². The van der Waals surface area contributed by atoms with Gasteiger partial charge in [-0.3, -0.25) is 15.0 Å². The number of aliphatic hydroxyl groups excluding tert-OH is 3. The summed E-state index contributed by atoms with van der Waals surface area (Å²) in [4.78, 5) is 28.3. The number of phenols is 3. The van der Waals surface area contributed by atoms with Gasteiger partial charge in [0.2, 0.25) is 0 Å². The first-order chi connectivity index (χ1) is 27.7. The number of ether oxygens (including phenoxy) is 4. The van der Waals surface area contributed by atoms with Crippen LogP contribution in [-0.2, 0) is 30.3 Å². The first-order valence-corrected chi connectivity index (χ1v) is 20.1. The fraction of sp³-hybridized carbons (Fsp3) is 0.581. The van der Waals surface area contributed by atoms with Gasteiger partial charge in [-0.15, -0.1) is 0 Å². The molecule has 16 nitrogen and oxygen atoms in total. The summed E-state index contributed by atoms with van der Waals surface area (Å²) >= 11 is 0. The number of fused-ring (bicyclic) bond motifs is 14. The standard InChI is InChI=1S/C43H62N4O12/c1-21-12-11-13-22(2)42(55)45-33-28(20-44-47-17-15-46(9)16-18-47)37(52)30-31(38(33)53)36(51)26(6)40-32(30)41(54)43(8,59-40)57-19-14-29(56-10)23(3)39(58-27(7)48)25(5)35(50)24(4)34(21)49/h11-14,19,21,23-25,29,34-35,39,41,44,49-54H,15-18,20H2,1-10H3,(H,45,55)/b12-11+,19-14+,22-13-/t21-,23+,24+,25+,29-,34-,35+,39+,41+,43-/m0/s1. The lowest BCUT2D eigenvalue weighted by Gasteiger charge is -2.38. The molecule has 59 heavy (non-hydrogen) atoms. The average molecular weight is 827 g/mol. The normalized spacial score (nSPS) is 33.5. The van der Waals surface area contributed by atoms with Crippen LogP contribution in [0.2, 0.25) is 0 Å². The highest BCUT2D eigenvalue weighted by atomic mass is 16.7. The molecule has 0 unspecified atom stereocenters. The van der Waals surface area contributed by atoms with Gasteiger partial charge in [-0.2, -0.15) is 0 Å². The molecule has 0 spiro atoms. The number of aromatic hydroxyl groups is 3. The Morgan fingerprint density at radius 3 is 2.24 bits per heavy atom. The summed E-state index contributed by atoms with van der Waals surface area (Å²) in [5.74, 6) is -6.80. The number of likely N-dealkylation sites (N-methyl/N-ethyl adjacent to an activating group) is 1. The molecule has 4 aliphatic rings. The molecule has 6 rings (SSSR count). The third kappa shape index (κ3) is 9.18. The number of amides is 1. The number of hydrogen-bond donors (Lipinski definition) is 8. The Morgan fingerprint density at radius 1 is 0.949 bits per heavy atom. The van der Waals surface area contributed by atoms with Gasteiger partial charge in [-0.05, 0) is 27.0 Å². The van der Waals surface area contributed by atoms with Crippen LogP contribution in [-0.4, -0.2) is 123 Å². The van der Waals surface area contributed by atoms with Crippen molar-refractivity contribution in [2.24, 2.45) is 23.7 Å².